The van der Waals surface area contributed by atoms with E-state index in [4.69, 9.17) is 0 Å². The third-order valence-electron chi connectivity index (χ3n) is 4.66. The van der Waals surface area contributed by atoms with E-state index in [1.165, 1.54) is 12.1 Å². The lowest BCUT2D eigenvalue weighted by atomic mass is 10.2. The van der Waals surface area contributed by atoms with E-state index in [2.05, 4.69) is 10.0 Å². The van der Waals surface area contributed by atoms with E-state index >= 15 is 0 Å². The maximum atomic E-state index is 12.4. The molecule has 1 amide bonds. The van der Waals surface area contributed by atoms with Crippen molar-refractivity contribution in [1.29, 1.82) is 0 Å². The quantitative estimate of drug-likeness (QED) is 0.390. The van der Waals surface area contributed by atoms with Crippen molar-refractivity contribution < 1.29 is 18.1 Å². The highest BCUT2D eigenvalue weighted by Crippen LogP contribution is 2.31. The summed E-state index contributed by atoms with van der Waals surface area (Å²) in [5, 5.41) is 14.2. The van der Waals surface area contributed by atoms with Gasteiger partial charge >= 0.3 is 0 Å². The lowest BCUT2D eigenvalue weighted by molar-refractivity contribution is -0.384. The zero-order chi connectivity index (χ0) is 21.6. The summed E-state index contributed by atoms with van der Waals surface area (Å²) >= 11 is 0. The summed E-state index contributed by atoms with van der Waals surface area (Å²) in [6.07, 6.45) is 0. The zero-order valence-electron chi connectivity index (χ0n) is 16.9. The monoisotopic (exact) mass is 428 g/mol. The molecule has 0 aromatic heterocycles. The van der Waals surface area contributed by atoms with Crippen LogP contribution in [0, 0.1) is 10.1 Å². The smallest absolute Gasteiger partial charge is 0.293 e. The van der Waals surface area contributed by atoms with Crippen molar-refractivity contribution in [2.75, 3.05) is 71.9 Å². The van der Waals surface area contributed by atoms with Crippen molar-refractivity contribution >= 4 is 27.3 Å². The normalized spacial score (nSPS) is 15.5. The molecule has 0 aliphatic carbocycles. The highest BCUT2D eigenvalue weighted by molar-refractivity contribution is 7.89. The number of nitro groups is 1. The molecule has 0 atom stereocenters. The highest BCUT2D eigenvalue weighted by Gasteiger charge is 2.27. The molecule has 1 aliphatic rings. The average Bonchev–Trinajstić information content (AvgIpc) is 2.67. The van der Waals surface area contributed by atoms with Crippen molar-refractivity contribution in [3.63, 3.8) is 0 Å². The fourth-order valence-electron chi connectivity index (χ4n) is 3.00. The number of rotatable bonds is 9. The van der Waals surface area contributed by atoms with Gasteiger partial charge in [0.2, 0.25) is 15.9 Å². The number of nitro benzene ring substituents is 1. The number of hydrogen-bond acceptors (Lipinski definition) is 8. The molecule has 0 saturated carbocycles. The van der Waals surface area contributed by atoms with E-state index in [0.29, 0.717) is 38.4 Å². The number of amides is 1. The van der Waals surface area contributed by atoms with E-state index < -0.39 is 14.9 Å². The maximum Gasteiger partial charge on any atom is 0.293 e. The molecule has 1 fully saturated rings. The van der Waals surface area contributed by atoms with E-state index in [1.807, 2.05) is 28.8 Å². The Labute approximate surface area is 170 Å². The van der Waals surface area contributed by atoms with Crippen LogP contribution in [0.25, 0.3) is 0 Å². The van der Waals surface area contributed by atoms with E-state index in [9.17, 15) is 23.3 Å². The lowest BCUT2D eigenvalue weighted by Gasteiger charge is -2.35. The van der Waals surface area contributed by atoms with E-state index in [1.54, 1.807) is 7.05 Å². The molecular weight excluding hydrogens is 400 g/mol. The number of carbonyl (C=O) groups is 1. The standard InChI is InChI=1S/C17H28N6O5S/c1-18-17(24)13-21-8-10-22(11-9-21)15-5-4-14(12-16(15)23(25)26)29(27,28)19-6-7-20(2)3/h4-5,12,19H,6-11,13H2,1-3H3,(H,18,24). The average molecular weight is 429 g/mol. The number of anilines is 1. The first-order valence-corrected chi connectivity index (χ1v) is 10.7. The highest BCUT2D eigenvalue weighted by atomic mass is 32.2. The molecule has 2 N–H and O–H groups in total. The molecule has 1 saturated heterocycles. The molecular formula is C17H28N6O5S. The Morgan fingerprint density at radius 1 is 1.24 bits per heavy atom. The van der Waals surface area contributed by atoms with Gasteiger partial charge in [0.15, 0.2) is 0 Å². The molecule has 1 aromatic rings. The molecule has 0 radical (unpaired) electrons. The van der Waals surface area contributed by atoms with Gasteiger partial charge in [-0.3, -0.25) is 19.8 Å². The second kappa shape index (κ2) is 9.96. The van der Waals surface area contributed by atoms with Gasteiger partial charge < -0.3 is 15.1 Å². The summed E-state index contributed by atoms with van der Waals surface area (Å²) in [5.74, 6) is -0.0826. The number of piperazine rings is 1. The topological polar surface area (TPSA) is 128 Å². The van der Waals surface area contributed by atoms with Crippen molar-refractivity contribution in [2.45, 2.75) is 4.90 Å². The number of likely N-dealkylation sites (N-methyl/N-ethyl adjacent to an activating group) is 2. The molecule has 162 valence electrons. The molecule has 1 heterocycles. The van der Waals surface area contributed by atoms with Crippen LogP contribution >= 0.6 is 0 Å². The van der Waals surface area contributed by atoms with Crippen LogP contribution in [-0.2, 0) is 14.8 Å². The lowest BCUT2D eigenvalue weighted by Crippen LogP contribution is -2.49. The Balaban J connectivity index is 2.14. The van der Waals surface area contributed by atoms with Crippen LogP contribution < -0.4 is 14.9 Å². The second-order valence-corrected chi connectivity index (χ2v) is 8.81. The van der Waals surface area contributed by atoms with Crippen LogP contribution in [0.4, 0.5) is 11.4 Å². The molecule has 11 nitrogen and oxygen atoms in total. The summed E-state index contributed by atoms with van der Waals surface area (Å²) in [5.41, 5.74) is 0.127. The van der Waals surface area contributed by atoms with E-state index in [-0.39, 0.29) is 29.6 Å². The molecule has 0 spiro atoms. The molecule has 1 aliphatic heterocycles. The Morgan fingerprint density at radius 3 is 2.45 bits per heavy atom. The second-order valence-electron chi connectivity index (χ2n) is 7.05. The van der Waals surface area contributed by atoms with Gasteiger partial charge in [-0.05, 0) is 26.2 Å². The number of carbonyl (C=O) groups excluding carboxylic acids is 1. The Bertz CT molecular complexity index is 837. The summed E-state index contributed by atoms with van der Waals surface area (Å²) in [4.78, 5) is 28.0. The van der Waals surface area contributed by atoms with Gasteiger partial charge in [-0.25, -0.2) is 13.1 Å². The van der Waals surface area contributed by atoms with Gasteiger partial charge in [-0.15, -0.1) is 0 Å². The largest absolute Gasteiger partial charge is 0.363 e. The van der Waals surface area contributed by atoms with Crippen LogP contribution in [0.3, 0.4) is 0 Å². The molecule has 0 bridgehead atoms. The Morgan fingerprint density at radius 2 is 1.90 bits per heavy atom. The summed E-state index contributed by atoms with van der Waals surface area (Å²) in [6.45, 7) is 3.17. The van der Waals surface area contributed by atoms with Gasteiger partial charge in [0, 0.05) is 52.4 Å². The minimum atomic E-state index is -3.84. The van der Waals surface area contributed by atoms with Crippen molar-refractivity contribution in [1.82, 2.24) is 19.8 Å². The van der Waals surface area contributed by atoms with Gasteiger partial charge in [0.05, 0.1) is 16.4 Å². The SMILES string of the molecule is CNC(=O)CN1CCN(c2ccc(S(=O)(=O)NCCN(C)C)cc2[N+](=O)[O-])CC1. The van der Waals surface area contributed by atoms with Crippen LogP contribution in [0.5, 0.6) is 0 Å². The van der Waals surface area contributed by atoms with Crippen molar-refractivity contribution in [2.24, 2.45) is 0 Å². The van der Waals surface area contributed by atoms with Gasteiger partial charge in [-0.1, -0.05) is 0 Å². The first-order valence-electron chi connectivity index (χ1n) is 9.25. The molecule has 12 heteroatoms. The fourth-order valence-corrected chi connectivity index (χ4v) is 4.04. The van der Waals surface area contributed by atoms with Crippen LogP contribution in [0.2, 0.25) is 0 Å². The number of nitrogens with zero attached hydrogens (tertiary/aromatic N) is 4. The van der Waals surface area contributed by atoms with Gasteiger partial charge in [0.1, 0.15) is 5.69 Å². The third kappa shape index (κ3) is 6.35. The van der Waals surface area contributed by atoms with Crippen molar-refractivity contribution in [3.05, 3.63) is 28.3 Å². The van der Waals surface area contributed by atoms with Crippen LogP contribution in [0.15, 0.2) is 23.1 Å². The van der Waals surface area contributed by atoms with Crippen LogP contribution in [0.1, 0.15) is 0 Å². The number of benzene rings is 1. The number of nitrogens with one attached hydrogen (secondary N) is 2. The minimum Gasteiger partial charge on any atom is -0.363 e. The fraction of sp³-hybridized carbons (Fsp3) is 0.588. The summed E-state index contributed by atoms with van der Waals surface area (Å²) < 4.78 is 27.3. The molecule has 29 heavy (non-hydrogen) atoms. The third-order valence-corrected chi connectivity index (χ3v) is 6.12. The van der Waals surface area contributed by atoms with Gasteiger partial charge in [0.25, 0.3) is 5.69 Å². The Hall–Kier alpha value is -2.28. The first-order chi connectivity index (χ1) is 13.6. The summed E-state index contributed by atoms with van der Waals surface area (Å²) in [7, 11) is 1.38. The van der Waals surface area contributed by atoms with Crippen LogP contribution in [-0.4, -0.2) is 96.0 Å². The number of hydrogen-bond donors (Lipinski definition) is 2. The summed E-state index contributed by atoms with van der Waals surface area (Å²) in [6, 6.07) is 3.97. The minimum absolute atomic E-state index is 0.0826. The molecule has 2 rings (SSSR count). The molecule has 0 unspecified atom stereocenters. The van der Waals surface area contributed by atoms with Gasteiger partial charge in [-0.2, -0.15) is 0 Å². The predicted octanol–water partition coefficient (Wildman–Crippen LogP) is -0.697. The first kappa shape index (κ1) is 23.0. The van der Waals surface area contributed by atoms with Crippen molar-refractivity contribution in [3.8, 4) is 0 Å². The predicted molar refractivity (Wildman–Crippen MR) is 110 cm³/mol. The Kier molecular flexibility index (Phi) is 7.90. The number of sulfonamides is 1. The molecule has 1 aromatic carbocycles. The van der Waals surface area contributed by atoms with E-state index in [0.717, 1.165) is 6.07 Å². The maximum absolute atomic E-state index is 12.4. The zero-order valence-corrected chi connectivity index (χ0v) is 17.7.